The summed E-state index contributed by atoms with van der Waals surface area (Å²) in [5.41, 5.74) is 2.49. The highest BCUT2D eigenvalue weighted by Gasteiger charge is 2.48. The maximum atomic E-state index is 3.61. The normalized spacial score (nSPS) is 36.1. The molecular weight excluding hydrogens is 274 g/mol. The number of benzene rings is 1. The molecule has 1 nitrogen and oxygen atoms in total. The SMILES string of the molecule is CNC12CCC(c3cccc(Br)c3)(CC1)CC2. The third kappa shape index (κ3) is 1.86. The van der Waals surface area contributed by atoms with Crippen molar-refractivity contribution in [2.24, 2.45) is 0 Å². The molecule has 1 aromatic rings. The van der Waals surface area contributed by atoms with Gasteiger partial charge >= 0.3 is 0 Å². The van der Waals surface area contributed by atoms with Crippen LogP contribution in [0.5, 0.6) is 0 Å². The van der Waals surface area contributed by atoms with E-state index in [1.807, 2.05) is 0 Å². The fourth-order valence-corrected chi connectivity index (χ4v) is 4.21. The van der Waals surface area contributed by atoms with Gasteiger partial charge in [0.2, 0.25) is 0 Å². The van der Waals surface area contributed by atoms with E-state index >= 15 is 0 Å². The fraction of sp³-hybridized carbons (Fsp3) is 0.600. The van der Waals surface area contributed by atoms with Gasteiger partial charge in [-0.25, -0.2) is 0 Å². The monoisotopic (exact) mass is 293 g/mol. The second-order valence-corrected chi connectivity index (χ2v) is 6.74. The van der Waals surface area contributed by atoms with Gasteiger partial charge < -0.3 is 5.32 Å². The Labute approximate surface area is 112 Å². The molecule has 3 saturated carbocycles. The fourth-order valence-electron chi connectivity index (χ4n) is 3.81. The van der Waals surface area contributed by atoms with E-state index < -0.39 is 0 Å². The van der Waals surface area contributed by atoms with Crippen LogP contribution in [0.15, 0.2) is 28.7 Å². The van der Waals surface area contributed by atoms with Crippen molar-refractivity contribution in [2.75, 3.05) is 7.05 Å². The molecule has 17 heavy (non-hydrogen) atoms. The molecule has 3 aliphatic rings. The first kappa shape index (κ1) is 11.7. The minimum atomic E-state index is 0.466. The molecule has 0 heterocycles. The molecule has 2 heteroatoms. The van der Waals surface area contributed by atoms with Crippen molar-refractivity contribution in [1.29, 1.82) is 0 Å². The minimum Gasteiger partial charge on any atom is -0.314 e. The number of halogens is 1. The largest absolute Gasteiger partial charge is 0.314 e. The lowest BCUT2D eigenvalue weighted by Crippen LogP contribution is -2.54. The Morgan fingerprint density at radius 3 is 2.24 bits per heavy atom. The van der Waals surface area contributed by atoms with E-state index in [4.69, 9.17) is 0 Å². The van der Waals surface area contributed by atoms with Crippen LogP contribution in [0.25, 0.3) is 0 Å². The Balaban J connectivity index is 1.90. The molecule has 0 spiro atoms. The molecule has 92 valence electrons. The van der Waals surface area contributed by atoms with E-state index in [0.717, 1.165) is 0 Å². The van der Waals surface area contributed by atoms with E-state index in [2.05, 4.69) is 52.6 Å². The van der Waals surface area contributed by atoms with Crippen molar-refractivity contribution in [1.82, 2.24) is 5.32 Å². The Hall–Kier alpha value is -0.340. The molecule has 2 bridgehead atoms. The highest BCUT2D eigenvalue weighted by atomic mass is 79.9. The van der Waals surface area contributed by atoms with E-state index in [-0.39, 0.29) is 0 Å². The number of fused-ring (bicyclic) bond motifs is 3. The molecule has 1 N–H and O–H groups in total. The Morgan fingerprint density at radius 1 is 1.06 bits per heavy atom. The predicted molar refractivity (Wildman–Crippen MR) is 75.3 cm³/mol. The van der Waals surface area contributed by atoms with Crippen LogP contribution in [-0.4, -0.2) is 12.6 Å². The average Bonchev–Trinajstić information content (AvgIpc) is 2.41. The second kappa shape index (κ2) is 4.10. The summed E-state index contributed by atoms with van der Waals surface area (Å²) in [6.07, 6.45) is 8.08. The summed E-state index contributed by atoms with van der Waals surface area (Å²) in [5, 5.41) is 3.58. The molecule has 3 aliphatic carbocycles. The van der Waals surface area contributed by atoms with Crippen molar-refractivity contribution >= 4 is 15.9 Å². The standard InChI is InChI=1S/C15H20BrN/c1-17-15-8-5-14(6-9-15,7-10-15)12-3-2-4-13(16)11-12/h2-4,11,17H,5-10H2,1H3. The van der Waals surface area contributed by atoms with E-state index in [1.165, 1.54) is 43.0 Å². The third-order valence-corrected chi connectivity index (χ3v) is 5.71. The van der Waals surface area contributed by atoms with Gasteiger partial charge in [0.1, 0.15) is 0 Å². The van der Waals surface area contributed by atoms with Crippen LogP contribution in [-0.2, 0) is 5.41 Å². The zero-order chi connectivity index (χ0) is 11.9. The highest BCUT2D eigenvalue weighted by Crippen LogP contribution is 2.53. The molecule has 0 radical (unpaired) electrons. The number of rotatable bonds is 2. The van der Waals surface area contributed by atoms with Crippen molar-refractivity contribution in [3.8, 4) is 0 Å². The number of nitrogens with one attached hydrogen (secondary N) is 1. The summed E-state index contributed by atoms with van der Waals surface area (Å²) < 4.78 is 1.22. The van der Waals surface area contributed by atoms with Gasteiger partial charge in [0.05, 0.1) is 0 Å². The van der Waals surface area contributed by atoms with E-state index in [0.29, 0.717) is 11.0 Å². The van der Waals surface area contributed by atoms with Gasteiger partial charge in [-0.05, 0) is 68.7 Å². The maximum absolute atomic E-state index is 3.61. The number of hydrogen-bond donors (Lipinski definition) is 1. The van der Waals surface area contributed by atoms with Gasteiger partial charge in [-0.2, -0.15) is 0 Å². The molecule has 0 saturated heterocycles. The summed E-state index contributed by atoms with van der Waals surface area (Å²) in [4.78, 5) is 0. The lowest BCUT2D eigenvalue weighted by Gasteiger charge is -2.54. The Kier molecular flexibility index (Phi) is 2.83. The molecule has 4 rings (SSSR count). The van der Waals surface area contributed by atoms with Crippen molar-refractivity contribution in [3.05, 3.63) is 34.3 Å². The van der Waals surface area contributed by atoms with E-state index in [1.54, 1.807) is 5.56 Å². The summed E-state index contributed by atoms with van der Waals surface area (Å²) in [6.45, 7) is 0. The van der Waals surface area contributed by atoms with Gasteiger partial charge in [0, 0.05) is 10.0 Å². The highest BCUT2D eigenvalue weighted by molar-refractivity contribution is 9.10. The van der Waals surface area contributed by atoms with Crippen LogP contribution in [0.2, 0.25) is 0 Å². The van der Waals surface area contributed by atoms with Crippen LogP contribution >= 0.6 is 15.9 Å². The summed E-state index contributed by atoms with van der Waals surface area (Å²) >= 11 is 3.61. The zero-order valence-electron chi connectivity index (χ0n) is 10.4. The van der Waals surface area contributed by atoms with Crippen LogP contribution in [0.4, 0.5) is 0 Å². The van der Waals surface area contributed by atoms with Crippen molar-refractivity contribution in [3.63, 3.8) is 0 Å². The van der Waals surface area contributed by atoms with Crippen molar-refractivity contribution in [2.45, 2.75) is 49.5 Å². The van der Waals surface area contributed by atoms with Gasteiger partial charge in [0.15, 0.2) is 0 Å². The molecule has 0 aliphatic heterocycles. The summed E-state index contributed by atoms with van der Waals surface area (Å²) in [5.74, 6) is 0. The first-order chi connectivity index (χ1) is 8.18. The van der Waals surface area contributed by atoms with E-state index in [9.17, 15) is 0 Å². The van der Waals surface area contributed by atoms with Crippen molar-refractivity contribution < 1.29 is 0 Å². The molecule has 0 unspecified atom stereocenters. The van der Waals surface area contributed by atoms with Gasteiger partial charge in [-0.1, -0.05) is 28.1 Å². The number of hydrogen-bond acceptors (Lipinski definition) is 1. The molecule has 3 fully saturated rings. The second-order valence-electron chi connectivity index (χ2n) is 5.82. The molecule has 1 aromatic carbocycles. The molecular formula is C15H20BrN. The van der Waals surface area contributed by atoms with Crippen LogP contribution in [0, 0.1) is 0 Å². The summed E-state index contributed by atoms with van der Waals surface area (Å²) in [6, 6.07) is 8.96. The van der Waals surface area contributed by atoms with Gasteiger partial charge in [-0.3, -0.25) is 0 Å². The van der Waals surface area contributed by atoms with Gasteiger partial charge in [-0.15, -0.1) is 0 Å². The first-order valence-electron chi connectivity index (χ1n) is 6.63. The van der Waals surface area contributed by atoms with Crippen LogP contribution in [0.3, 0.4) is 0 Å². The maximum Gasteiger partial charge on any atom is 0.0179 e. The lowest BCUT2D eigenvalue weighted by atomic mass is 9.55. The molecule has 0 amide bonds. The Bertz CT molecular complexity index is 402. The predicted octanol–water partition coefficient (Wildman–Crippen LogP) is 4.01. The summed E-state index contributed by atoms with van der Waals surface area (Å²) in [7, 11) is 2.14. The van der Waals surface area contributed by atoms with Crippen LogP contribution in [0.1, 0.15) is 44.1 Å². The minimum absolute atomic E-state index is 0.466. The van der Waals surface area contributed by atoms with Crippen LogP contribution < -0.4 is 5.32 Å². The smallest absolute Gasteiger partial charge is 0.0179 e. The average molecular weight is 294 g/mol. The quantitative estimate of drug-likeness (QED) is 0.869. The van der Waals surface area contributed by atoms with Gasteiger partial charge in [0.25, 0.3) is 0 Å². The lowest BCUT2D eigenvalue weighted by molar-refractivity contribution is 0.0834. The molecule has 0 atom stereocenters. The third-order valence-electron chi connectivity index (χ3n) is 5.21. The first-order valence-corrected chi connectivity index (χ1v) is 7.42. The topological polar surface area (TPSA) is 12.0 Å². The zero-order valence-corrected chi connectivity index (χ0v) is 12.0. The Morgan fingerprint density at radius 2 is 1.71 bits per heavy atom. The molecule has 0 aromatic heterocycles.